The molecule has 1 fully saturated rings. The number of amides is 3. The Kier molecular flexibility index (Phi) is 5.71. The standard InChI is InChI=1S/C16H20FN5O2/c1-11(15(23)20-16(24)19-2)21-6-8-22(9-7-21)14-5-3-4-13(17)12(14)10-18/h3-5,11H,6-9H2,1-2H3,(H2,19,20,23,24)/t11-/m1/s1. The summed E-state index contributed by atoms with van der Waals surface area (Å²) in [4.78, 5) is 27.1. The molecular formula is C16H20FN5O2. The fraction of sp³-hybridized carbons (Fsp3) is 0.438. The number of carbonyl (C=O) groups excluding carboxylic acids is 2. The van der Waals surface area contributed by atoms with E-state index in [1.165, 1.54) is 13.1 Å². The normalized spacial score (nSPS) is 16.2. The minimum absolute atomic E-state index is 0.0383. The Balaban J connectivity index is 1.99. The number of nitrogens with one attached hydrogen (secondary N) is 2. The molecule has 24 heavy (non-hydrogen) atoms. The van der Waals surface area contributed by atoms with Crippen LogP contribution in [-0.2, 0) is 4.79 Å². The van der Waals surface area contributed by atoms with Gasteiger partial charge in [0, 0.05) is 33.2 Å². The van der Waals surface area contributed by atoms with E-state index in [4.69, 9.17) is 5.26 Å². The Morgan fingerprint density at radius 3 is 2.54 bits per heavy atom. The van der Waals surface area contributed by atoms with Crippen LogP contribution >= 0.6 is 0 Å². The second-order valence-electron chi connectivity index (χ2n) is 5.51. The third kappa shape index (κ3) is 3.81. The van der Waals surface area contributed by atoms with E-state index >= 15 is 0 Å². The number of hydrogen-bond donors (Lipinski definition) is 2. The number of carbonyl (C=O) groups is 2. The first-order valence-electron chi connectivity index (χ1n) is 7.68. The molecule has 1 aliphatic heterocycles. The van der Waals surface area contributed by atoms with Gasteiger partial charge in [0.05, 0.1) is 11.7 Å². The van der Waals surface area contributed by atoms with Crippen LogP contribution in [0, 0.1) is 17.1 Å². The van der Waals surface area contributed by atoms with Crippen molar-refractivity contribution in [2.45, 2.75) is 13.0 Å². The van der Waals surface area contributed by atoms with Gasteiger partial charge in [-0.2, -0.15) is 5.26 Å². The van der Waals surface area contributed by atoms with Crippen LogP contribution in [0.4, 0.5) is 14.9 Å². The zero-order valence-electron chi connectivity index (χ0n) is 13.7. The van der Waals surface area contributed by atoms with Crippen LogP contribution in [0.25, 0.3) is 0 Å². The molecule has 1 aromatic carbocycles. The van der Waals surface area contributed by atoms with Crippen LogP contribution < -0.4 is 15.5 Å². The third-order valence-electron chi connectivity index (χ3n) is 4.15. The van der Waals surface area contributed by atoms with Gasteiger partial charge < -0.3 is 10.2 Å². The first kappa shape index (κ1) is 17.7. The van der Waals surface area contributed by atoms with Crippen molar-refractivity contribution in [1.29, 1.82) is 5.26 Å². The molecule has 0 radical (unpaired) electrons. The van der Waals surface area contributed by atoms with E-state index in [0.717, 1.165) is 0 Å². The zero-order valence-corrected chi connectivity index (χ0v) is 13.7. The Labute approximate surface area is 140 Å². The van der Waals surface area contributed by atoms with Crippen LogP contribution in [0.15, 0.2) is 18.2 Å². The number of hydrogen-bond acceptors (Lipinski definition) is 5. The fourth-order valence-electron chi connectivity index (χ4n) is 2.68. The topological polar surface area (TPSA) is 88.5 Å². The predicted molar refractivity (Wildman–Crippen MR) is 87.0 cm³/mol. The summed E-state index contributed by atoms with van der Waals surface area (Å²) in [7, 11) is 1.44. The summed E-state index contributed by atoms with van der Waals surface area (Å²) in [5.74, 6) is -0.901. The highest BCUT2D eigenvalue weighted by molar-refractivity contribution is 5.96. The van der Waals surface area contributed by atoms with Crippen LogP contribution in [0.1, 0.15) is 12.5 Å². The molecule has 8 heteroatoms. The number of imide groups is 1. The van der Waals surface area contributed by atoms with Crippen molar-refractivity contribution in [1.82, 2.24) is 15.5 Å². The van der Waals surface area contributed by atoms with Crippen molar-refractivity contribution in [2.24, 2.45) is 0 Å². The van der Waals surface area contributed by atoms with Gasteiger partial charge in [-0.15, -0.1) is 0 Å². The number of urea groups is 1. The molecule has 128 valence electrons. The maximum absolute atomic E-state index is 13.7. The summed E-state index contributed by atoms with van der Waals surface area (Å²) < 4.78 is 13.7. The highest BCUT2D eigenvalue weighted by Gasteiger charge is 2.27. The molecule has 2 N–H and O–H groups in total. The average Bonchev–Trinajstić information content (AvgIpc) is 2.60. The molecule has 2 rings (SSSR count). The number of piperazine rings is 1. The Bertz CT molecular complexity index is 665. The minimum Gasteiger partial charge on any atom is -0.368 e. The summed E-state index contributed by atoms with van der Waals surface area (Å²) >= 11 is 0. The Morgan fingerprint density at radius 1 is 1.29 bits per heavy atom. The second kappa shape index (κ2) is 7.75. The van der Waals surface area contributed by atoms with Crippen LogP contribution in [-0.4, -0.2) is 56.1 Å². The lowest BCUT2D eigenvalue weighted by atomic mass is 10.1. The van der Waals surface area contributed by atoms with Crippen LogP contribution in [0.2, 0.25) is 0 Å². The van der Waals surface area contributed by atoms with Gasteiger partial charge in [-0.05, 0) is 19.1 Å². The van der Waals surface area contributed by atoms with Crippen molar-refractivity contribution < 1.29 is 14.0 Å². The van der Waals surface area contributed by atoms with Gasteiger partial charge in [-0.3, -0.25) is 15.0 Å². The van der Waals surface area contributed by atoms with Gasteiger partial charge in [0.25, 0.3) is 0 Å². The minimum atomic E-state index is -0.538. The first-order chi connectivity index (χ1) is 11.5. The van der Waals surface area contributed by atoms with E-state index in [2.05, 4.69) is 10.6 Å². The van der Waals surface area contributed by atoms with E-state index in [9.17, 15) is 14.0 Å². The fourth-order valence-corrected chi connectivity index (χ4v) is 2.68. The van der Waals surface area contributed by atoms with Crippen molar-refractivity contribution in [2.75, 3.05) is 38.1 Å². The first-order valence-corrected chi connectivity index (χ1v) is 7.68. The van der Waals surface area contributed by atoms with Crippen LogP contribution in [0.3, 0.4) is 0 Å². The largest absolute Gasteiger partial charge is 0.368 e. The molecule has 1 saturated heterocycles. The number of anilines is 1. The predicted octanol–water partition coefficient (Wildman–Crippen LogP) is 0.663. The number of benzene rings is 1. The highest BCUT2D eigenvalue weighted by Crippen LogP contribution is 2.24. The van der Waals surface area contributed by atoms with Gasteiger partial charge in [-0.25, -0.2) is 9.18 Å². The summed E-state index contributed by atoms with van der Waals surface area (Å²) in [5.41, 5.74) is 0.607. The molecule has 1 heterocycles. The zero-order chi connectivity index (χ0) is 17.7. The van der Waals surface area contributed by atoms with Gasteiger partial charge in [0.2, 0.25) is 5.91 Å². The molecule has 0 bridgehead atoms. The number of rotatable bonds is 3. The molecule has 1 atom stereocenters. The molecule has 0 saturated carbocycles. The number of nitrogens with zero attached hydrogens (tertiary/aromatic N) is 3. The maximum Gasteiger partial charge on any atom is 0.321 e. The van der Waals surface area contributed by atoms with Gasteiger partial charge in [0.1, 0.15) is 17.4 Å². The van der Waals surface area contributed by atoms with Crippen molar-refractivity contribution in [3.8, 4) is 6.07 Å². The van der Waals surface area contributed by atoms with Crippen molar-refractivity contribution in [3.63, 3.8) is 0 Å². The van der Waals surface area contributed by atoms with E-state index in [0.29, 0.717) is 31.9 Å². The number of nitriles is 1. The summed E-state index contributed by atoms with van der Waals surface area (Å²) in [6.07, 6.45) is 0. The van der Waals surface area contributed by atoms with Gasteiger partial charge in [-0.1, -0.05) is 6.07 Å². The Hall–Kier alpha value is -2.66. The lowest BCUT2D eigenvalue weighted by Crippen LogP contribution is -2.55. The molecule has 0 aliphatic carbocycles. The summed E-state index contributed by atoms with van der Waals surface area (Å²) in [6, 6.07) is 5.48. The van der Waals surface area contributed by atoms with Gasteiger partial charge in [0.15, 0.2) is 0 Å². The van der Waals surface area contributed by atoms with Crippen molar-refractivity contribution in [3.05, 3.63) is 29.6 Å². The Morgan fingerprint density at radius 2 is 1.96 bits per heavy atom. The van der Waals surface area contributed by atoms with E-state index in [-0.39, 0.29) is 11.5 Å². The number of halogens is 1. The molecule has 0 spiro atoms. The average molecular weight is 333 g/mol. The van der Waals surface area contributed by atoms with E-state index < -0.39 is 17.9 Å². The van der Waals surface area contributed by atoms with E-state index in [1.807, 2.05) is 15.9 Å². The third-order valence-corrected chi connectivity index (χ3v) is 4.15. The molecule has 0 unspecified atom stereocenters. The smallest absolute Gasteiger partial charge is 0.321 e. The summed E-state index contributed by atoms with van der Waals surface area (Å²) in [6.45, 7) is 4.01. The second-order valence-corrected chi connectivity index (χ2v) is 5.51. The molecule has 1 aliphatic rings. The van der Waals surface area contributed by atoms with Gasteiger partial charge >= 0.3 is 6.03 Å². The lowest BCUT2D eigenvalue weighted by Gasteiger charge is -2.38. The molecule has 3 amide bonds. The lowest BCUT2D eigenvalue weighted by molar-refractivity contribution is -0.124. The SMILES string of the molecule is CNC(=O)NC(=O)[C@@H](C)N1CCN(c2cccc(F)c2C#N)CC1. The highest BCUT2D eigenvalue weighted by atomic mass is 19.1. The monoisotopic (exact) mass is 333 g/mol. The molecule has 7 nitrogen and oxygen atoms in total. The molecule has 0 aromatic heterocycles. The van der Waals surface area contributed by atoms with Crippen molar-refractivity contribution >= 4 is 17.6 Å². The van der Waals surface area contributed by atoms with E-state index in [1.54, 1.807) is 19.1 Å². The molecular weight excluding hydrogens is 313 g/mol. The quantitative estimate of drug-likeness (QED) is 0.848. The molecule has 1 aromatic rings. The van der Waals surface area contributed by atoms with Crippen LogP contribution in [0.5, 0.6) is 0 Å². The maximum atomic E-state index is 13.7. The summed E-state index contributed by atoms with van der Waals surface area (Å²) in [5, 5.41) is 13.7.